The van der Waals surface area contributed by atoms with Gasteiger partial charge < -0.3 is 5.32 Å². The van der Waals surface area contributed by atoms with E-state index in [0.29, 0.717) is 12.2 Å². The average molecular weight is 341 g/mol. The van der Waals surface area contributed by atoms with Crippen LogP contribution in [0.25, 0.3) is 0 Å². The minimum absolute atomic E-state index is 0.124. The van der Waals surface area contributed by atoms with Gasteiger partial charge in [-0.15, -0.1) is 0 Å². The molecule has 0 atom stereocenters. The lowest BCUT2D eigenvalue weighted by molar-refractivity contribution is -0.116. The van der Waals surface area contributed by atoms with Gasteiger partial charge in [0.25, 0.3) is 0 Å². The number of carbonyl (C=O) groups is 1. The fourth-order valence-electron chi connectivity index (χ4n) is 2.82. The molecular formula is C17H23N7O. The van der Waals surface area contributed by atoms with E-state index < -0.39 is 0 Å². The molecule has 0 aliphatic rings. The van der Waals surface area contributed by atoms with Crippen LogP contribution in [0.1, 0.15) is 29.6 Å². The lowest BCUT2D eigenvalue weighted by Gasteiger charge is -2.05. The van der Waals surface area contributed by atoms with Gasteiger partial charge in [-0.1, -0.05) is 0 Å². The number of nitrogens with one attached hydrogen (secondary N) is 1. The third-order valence-electron chi connectivity index (χ3n) is 4.15. The molecule has 8 heteroatoms. The highest BCUT2D eigenvalue weighted by Gasteiger charge is 2.10. The Hall–Kier alpha value is -2.90. The van der Waals surface area contributed by atoms with Crippen LogP contribution in [0, 0.1) is 20.8 Å². The Kier molecular flexibility index (Phi) is 4.69. The summed E-state index contributed by atoms with van der Waals surface area (Å²) in [5.74, 6) is -0.124. The van der Waals surface area contributed by atoms with Gasteiger partial charge in [0.15, 0.2) is 0 Å². The molecule has 3 aromatic rings. The summed E-state index contributed by atoms with van der Waals surface area (Å²) in [5, 5.41) is 15.8. The number of amides is 1. The molecule has 132 valence electrons. The quantitative estimate of drug-likeness (QED) is 0.742. The van der Waals surface area contributed by atoms with Crippen LogP contribution in [0.4, 0.5) is 5.69 Å². The zero-order chi connectivity index (χ0) is 18.0. The van der Waals surface area contributed by atoms with Crippen LogP contribution in [0.2, 0.25) is 0 Å². The Balaban J connectivity index is 1.62. The van der Waals surface area contributed by atoms with E-state index in [-0.39, 0.29) is 12.5 Å². The number of anilines is 1. The van der Waals surface area contributed by atoms with Crippen LogP contribution in [0.5, 0.6) is 0 Å². The fraction of sp³-hybridized carbons (Fsp3) is 0.412. The Morgan fingerprint density at radius 3 is 2.60 bits per heavy atom. The SMILES string of the molecule is CCn1ncc(Cn2cc(NC(=O)Cn3nc(C)cc3C)cn2)c1C. The van der Waals surface area contributed by atoms with Crippen molar-refractivity contribution in [2.45, 2.75) is 47.3 Å². The van der Waals surface area contributed by atoms with E-state index in [1.807, 2.05) is 43.9 Å². The summed E-state index contributed by atoms with van der Waals surface area (Å²) in [6, 6.07) is 1.95. The van der Waals surface area contributed by atoms with Crippen molar-refractivity contribution < 1.29 is 4.79 Å². The van der Waals surface area contributed by atoms with Gasteiger partial charge in [-0.3, -0.25) is 18.8 Å². The first-order chi connectivity index (χ1) is 12.0. The number of aryl methyl sites for hydroxylation is 3. The second-order valence-electron chi connectivity index (χ2n) is 6.13. The molecule has 0 bridgehead atoms. The van der Waals surface area contributed by atoms with Gasteiger partial charge in [0.2, 0.25) is 5.91 Å². The molecule has 0 fully saturated rings. The van der Waals surface area contributed by atoms with Crippen LogP contribution >= 0.6 is 0 Å². The zero-order valence-electron chi connectivity index (χ0n) is 15.0. The summed E-state index contributed by atoms with van der Waals surface area (Å²) in [5.41, 5.74) is 4.79. The predicted molar refractivity (Wildman–Crippen MR) is 94.3 cm³/mol. The van der Waals surface area contributed by atoms with Crippen LogP contribution in [-0.4, -0.2) is 35.2 Å². The standard InChI is InChI=1S/C17H23N7O/c1-5-23-14(4)15(7-19-23)9-22-10-16(8-18-22)20-17(25)11-24-13(3)6-12(2)21-24/h6-8,10H,5,9,11H2,1-4H3,(H,20,25). The van der Waals surface area contributed by atoms with Gasteiger partial charge in [-0.2, -0.15) is 15.3 Å². The van der Waals surface area contributed by atoms with Crippen LogP contribution in [0.15, 0.2) is 24.7 Å². The van der Waals surface area contributed by atoms with E-state index in [0.717, 1.165) is 29.2 Å². The maximum Gasteiger partial charge on any atom is 0.246 e. The fourth-order valence-corrected chi connectivity index (χ4v) is 2.82. The molecule has 3 heterocycles. The maximum absolute atomic E-state index is 12.2. The molecule has 25 heavy (non-hydrogen) atoms. The lowest BCUT2D eigenvalue weighted by Crippen LogP contribution is -2.20. The monoisotopic (exact) mass is 341 g/mol. The molecule has 0 saturated carbocycles. The first-order valence-corrected chi connectivity index (χ1v) is 8.31. The minimum Gasteiger partial charge on any atom is -0.322 e. The molecule has 0 aromatic carbocycles. The van der Waals surface area contributed by atoms with Crippen molar-refractivity contribution in [2.24, 2.45) is 0 Å². The predicted octanol–water partition coefficient (Wildman–Crippen LogP) is 1.91. The van der Waals surface area contributed by atoms with Gasteiger partial charge in [0.05, 0.1) is 30.3 Å². The summed E-state index contributed by atoms with van der Waals surface area (Å²) >= 11 is 0. The average Bonchev–Trinajstić information content (AvgIpc) is 3.22. The second-order valence-corrected chi connectivity index (χ2v) is 6.13. The van der Waals surface area contributed by atoms with Crippen molar-refractivity contribution in [2.75, 3.05) is 5.32 Å². The van der Waals surface area contributed by atoms with E-state index in [9.17, 15) is 4.79 Å². The third kappa shape index (κ3) is 3.78. The van der Waals surface area contributed by atoms with E-state index in [2.05, 4.69) is 27.5 Å². The van der Waals surface area contributed by atoms with Crippen molar-refractivity contribution >= 4 is 11.6 Å². The molecule has 8 nitrogen and oxygen atoms in total. The second kappa shape index (κ2) is 6.92. The summed E-state index contributed by atoms with van der Waals surface area (Å²) in [7, 11) is 0. The van der Waals surface area contributed by atoms with E-state index >= 15 is 0 Å². The van der Waals surface area contributed by atoms with Crippen molar-refractivity contribution in [3.63, 3.8) is 0 Å². The molecule has 0 saturated heterocycles. The molecule has 0 aliphatic heterocycles. The Labute approximate surface area is 146 Å². The molecule has 3 aromatic heterocycles. The lowest BCUT2D eigenvalue weighted by atomic mass is 10.2. The van der Waals surface area contributed by atoms with E-state index in [1.165, 1.54) is 0 Å². The van der Waals surface area contributed by atoms with Crippen molar-refractivity contribution in [3.05, 3.63) is 47.3 Å². The first kappa shape index (κ1) is 16.9. The van der Waals surface area contributed by atoms with Gasteiger partial charge in [0.1, 0.15) is 6.54 Å². The number of aromatic nitrogens is 6. The van der Waals surface area contributed by atoms with Gasteiger partial charge in [-0.05, 0) is 33.8 Å². The first-order valence-electron chi connectivity index (χ1n) is 8.31. The van der Waals surface area contributed by atoms with Gasteiger partial charge in [0, 0.05) is 29.7 Å². The Morgan fingerprint density at radius 1 is 1.16 bits per heavy atom. The summed E-state index contributed by atoms with van der Waals surface area (Å²) in [4.78, 5) is 12.2. The number of hydrogen-bond acceptors (Lipinski definition) is 4. The number of carbonyl (C=O) groups excluding carboxylic acids is 1. The van der Waals surface area contributed by atoms with E-state index in [1.54, 1.807) is 15.6 Å². The highest BCUT2D eigenvalue weighted by atomic mass is 16.2. The van der Waals surface area contributed by atoms with Crippen LogP contribution < -0.4 is 5.32 Å². The smallest absolute Gasteiger partial charge is 0.246 e. The molecule has 0 aliphatic carbocycles. The van der Waals surface area contributed by atoms with Gasteiger partial charge >= 0.3 is 0 Å². The normalized spacial score (nSPS) is 11.0. The summed E-state index contributed by atoms with van der Waals surface area (Å²) in [6.07, 6.45) is 5.34. The Morgan fingerprint density at radius 2 is 1.96 bits per heavy atom. The van der Waals surface area contributed by atoms with Crippen molar-refractivity contribution in [3.8, 4) is 0 Å². The number of hydrogen-bond donors (Lipinski definition) is 1. The molecule has 1 amide bonds. The number of nitrogens with zero attached hydrogens (tertiary/aromatic N) is 6. The summed E-state index contributed by atoms with van der Waals surface area (Å²) in [6.45, 7) is 9.61. The van der Waals surface area contributed by atoms with Crippen LogP contribution in [-0.2, 0) is 24.4 Å². The molecule has 0 unspecified atom stereocenters. The molecule has 0 spiro atoms. The van der Waals surface area contributed by atoms with Gasteiger partial charge in [-0.25, -0.2) is 0 Å². The van der Waals surface area contributed by atoms with E-state index in [4.69, 9.17) is 0 Å². The summed E-state index contributed by atoms with van der Waals surface area (Å²) < 4.78 is 5.44. The Bertz CT molecular complexity index is 887. The number of rotatable bonds is 6. The topological polar surface area (TPSA) is 82.6 Å². The third-order valence-corrected chi connectivity index (χ3v) is 4.15. The van der Waals surface area contributed by atoms with Crippen LogP contribution in [0.3, 0.4) is 0 Å². The largest absolute Gasteiger partial charge is 0.322 e. The zero-order valence-corrected chi connectivity index (χ0v) is 15.0. The molecule has 0 radical (unpaired) electrons. The van der Waals surface area contributed by atoms with Crippen molar-refractivity contribution in [1.29, 1.82) is 0 Å². The molecule has 1 N–H and O–H groups in total. The van der Waals surface area contributed by atoms with Crippen molar-refractivity contribution in [1.82, 2.24) is 29.3 Å². The molecule has 3 rings (SSSR count). The highest BCUT2D eigenvalue weighted by Crippen LogP contribution is 2.12. The minimum atomic E-state index is -0.124. The maximum atomic E-state index is 12.2. The molecular weight excluding hydrogens is 318 g/mol. The highest BCUT2D eigenvalue weighted by molar-refractivity contribution is 5.90.